The van der Waals surface area contributed by atoms with Crippen LogP contribution in [0.4, 0.5) is 10.5 Å². The standard InChI is InChI=1S/C27H30N6O8.ClH/c1-15(34)27(24(38)41-4,32(18-8-6-5-7-9-18)22(36)19(28)14-20(35)40-3)33-23(37)26(2,31-25(33)39)17-12-10-16(11-13-17)21(29)30;/h5-13,19H,14,28H2,1-4H3,(H3,29,30)(H,31,39);1H/t19-,26+,27-;/m0./s1. The molecule has 224 valence electrons. The van der Waals surface area contributed by atoms with Gasteiger partial charge in [-0.15, -0.1) is 12.4 Å². The quantitative estimate of drug-likeness (QED) is 0.0972. The van der Waals surface area contributed by atoms with Gasteiger partial charge in [-0.05, 0) is 31.5 Å². The molecule has 0 aromatic heterocycles. The van der Waals surface area contributed by atoms with E-state index in [1.807, 2.05) is 0 Å². The number of ether oxygens (including phenoxy) is 2. The lowest BCUT2D eigenvalue weighted by atomic mass is 9.89. The van der Waals surface area contributed by atoms with Crippen molar-refractivity contribution >= 4 is 59.5 Å². The number of urea groups is 1. The highest BCUT2D eigenvalue weighted by Gasteiger charge is 2.67. The number of esters is 2. The number of para-hydroxylation sites is 1. The molecule has 6 N–H and O–H groups in total. The molecule has 0 spiro atoms. The molecule has 1 fully saturated rings. The van der Waals surface area contributed by atoms with Gasteiger partial charge in [0.15, 0.2) is 5.78 Å². The van der Waals surface area contributed by atoms with Crippen molar-refractivity contribution in [2.45, 2.75) is 37.5 Å². The van der Waals surface area contributed by atoms with Crippen LogP contribution in [0.25, 0.3) is 0 Å². The van der Waals surface area contributed by atoms with Crippen molar-refractivity contribution in [1.82, 2.24) is 10.2 Å². The normalized spacial score (nSPS) is 18.1. The molecule has 2 aromatic carbocycles. The minimum atomic E-state index is -3.01. The molecule has 1 aliphatic heterocycles. The van der Waals surface area contributed by atoms with Crippen molar-refractivity contribution in [3.8, 4) is 0 Å². The van der Waals surface area contributed by atoms with Crippen LogP contribution in [-0.4, -0.2) is 72.2 Å². The Morgan fingerprint density at radius 3 is 2.10 bits per heavy atom. The second kappa shape index (κ2) is 12.8. The van der Waals surface area contributed by atoms with Crippen LogP contribution < -0.4 is 21.7 Å². The SMILES string of the molecule is COC(=O)C[C@H](N)C(=O)N(c1ccccc1)[C@](C(C)=O)(C(=O)OC)N1C(=O)N[C@](C)(c2ccc(C(=N)N)cc2)C1=O.Cl. The van der Waals surface area contributed by atoms with Crippen molar-refractivity contribution < 1.29 is 38.2 Å². The molecule has 0 radical (unpaired) electrons. The maximum Gasteiger partial charge on any atom is 0.362 e. The number of benzene rings is 2. The Balaban J connectivity index is 0.00000616. The number of nitrogen functional groups attached to an aromatic ring is 1. The Labute approximate surface area is 247 Å². The fourth-order valence-electron chi connectivity index (χ4n) is 4.56. The zero-order valence-corrected chi connectivity index (χ0v) is 24.0. The number of anilines is 1. The fourth-order valence-corrected chi connectivity index (χ4v) is 4.56. The van der Waals surface area contributed by atoms with Gasteiger partial charge in [-0.25, -0.2) is 14.5 Å². The second-order valence-electron chi connectivity index (χ2n) is 9.30. The summed E-state index contributed by atoms with van der Waals surface area (Å²) < 4.78 is 9.53. The van der Waals surface area contributed by atoms with Gasteiger partial charge in [0.1, 0.15) is 11.4 Å². The number of nitrogens with one attached hydrogen (secondary N) is 2. The predicted molar refractivity (Wildman–Crippen MR) is 151 cm³/mol. The number of nitrogens with two attached hydrogens (primary N) is 2. The van der Waals surface area contributed by atoms with E-state index in [0.717, 1.165) is 21.1 Å². The van der Waals surface area contributed by atoms with Gasteiger partial charge in [-0.2, -0.15) is 0 Å². The monoisotopic (exact) mass is 602 g/mol. The third kappa shape index (κ3) is 5.53. The molecule has 15 heteroatoms. The summed E-state index contributed by atoms with van der Waals surface area (Å²) in [6.45, 7) is 2.25. The number of amidine groups is 1. The van der Waals surface area contributed by atoms with Crippen LogP contribution in [-0.2, 0) is 39.0 Å². The molecule has 4 amide bonds. The van der Waals surface area contributed by atoms with Gasteiger partial charge in [0, 0.05) is 11.3 Å². The van der Waals surface area contributed by atoms with E-state index in [-0.39, 0.29) is 29.5 Å². The minimum absolute atomic E-state index is 0. The number of halogens is 1. The molecule has 1 heterocycles. The summed E-state index contributed by atoms with van der Waals surface area (Å²) in [4.78, 5) is 81.8. The van der Waals surface area contributed by atoms with Crippen LogP contribution in [0.5, 0.6) is 0 Å². The first kappa shape index (κ1) is 33.4. The third-order valence-electron chi connectivity index (χ3n) is 6.74. The number of imide groups is 1. The van der Waals surface area contributed by atoms with E-state index in [0.29, 0.717) is 15.4 Å². The molecule has 1 saturated heterocycles. The summed E-state index contributed by atoms with van der Waals surface area (Å²) in [5, 5.41) is 10.1. The molecule has 3 rings (SSSR count). The number of hydrogen-bond acceptors (Lipinski definition) is 10. The van der Waals surface area contributed by atoms with Gasteiger partial charge < -0.3 is 26.3 Å². The van der Waals surface area contributed by atoms with Crippen LogP contribution >= 0.6 is 12.4 Å². The van der Waals surface area contributed by atoms with Crippen molar-refractivity contribution in [1.29, 1.82) is 5.41 Å². The smallest absolute Gasteiger partial charge is 0.362 e. The lowest BCUT2D eigenvalue weighted by Gasteiger charge is -2.44. The van der Waals surface area contributed by atoms with E-state index >= 15 is 0 Å². The molecule has 1 aliphatic rings. The zero-order chi connectivity index (χ0) is 30.7. The highest BCUT2D eigenvalue weighted by molar-refractivity contribution is 6.24. The Morgan fingerprint density at radius 1 is 1.05 bits per heavy atom. The number of rotatable bonds is 10. The molecule has 2 aromatic rings. The number of carbonyl (C=O) groups excluding carboxylic acids is 6. The average Bonchev–Trinajstić information content (AvgIpc) is 3.19. The van der Waals surface area contributed by atoms with Crippen LogP contribution in [0.15, 0.2) is 54.6 Å². The molecule has 0 saturated carbocycles. The Kier molecular flexibility index (Phi) is 10.2. The molecule has 0 aliphatic carbocycles. The zero-order valence-electron chi connectivity index (χ0n) is 23.2. The van der Waals surface area contributed by atoms with Gasteiger partial charge in [0.25, 0.3) is 11.6 Å². The summed E-state index contributed by atoms with van der Waals surface area (Å²) in [5.74, 6) is -5.89. The van der Waals surface area contributed by atoms with Gasteiger partial charge in [-0.3, -0.25) is 29.5 Å². The summed E-state index contributed by atoms with van der Waals surface area (Å²) in [6, 6.07) is 10.2. The Morgan fingerprint density at radius 2 is 1.62 bits per heavy atom. The van der Waals surface area contributed by atoms with Crippen LogP contribution in [0.3, 0.4) is 0 Å². The van der Waals surface area contributed by atoms with Crippen LogP contribution in [0, 0.1) is 5.41 Å². The van der Waals surface area contributed by atoms with E-state index in [9.17, 15) is 28.8 Å². The Hall–Kier alpha value is -4.82. The first-order chi connectivity index (χ1) is 19.3. The molecular weight excluding hydrogens is 572 g/mol. The lowest BCUT2D eigenvalue weighted by molar-refractivity contribution is -0.164. The Bertz CT molecular complexity index is 1420. The first-order valence-electron chi connectivity index (χ1n) is 12.2. The first-order valence-corrected chi connectivity index (χ1v) is 12.2. The van der Waals surface area contributed by atoms with Crippen molar-refractivity contribution in [3.63, 3.8) is 0 Å². The summed E-state index contributed by atoms with van der Waals surface area (Å²) in [5.41, 5.74) is 7.18. The summed E-state index contributed by atoms with van der Waals surface area (Å²) in [6.07, 6.45) is -0.645. The van der Waals surface area contributed by atoms with E-state index in [2.05, 4.69) is 10.1 Å². The third-order valence-corrected chi connectivity index (χ3v) is 6.74. The van der Waals surface area contributed by atoms with E-state index in [4.69, 9.17) is 21.6 Å². The number of carbonyl (C=O) groups is 6. The maximum atomic E-state index is 14.2. The van der Waals surface area contributed by atoms with Crippen LogP contribution in [0.1, 0.15) is 31.4 Å². The van der Waals surface area contributed by atoms with E-state index in [1.165, 1.54) is 55.5 Å². The van der Waals surface area contributed by atoms with E-state index < -0.39 is 59.2 Å². The average molecular weight is 603 g/mol. The molecule has 0 bridgehead atoms. The van der Waals surface area contributed by atoms with Crippen LogP contribution in [0.2, 0.25) is 0 Å². The topological polar surface area (TPSA) is 215 Å². The number of nitrogens with zero attached hydrogens (tertiary/aromatic N) is 2. The maximum absolute atomic E-state index is 14.2. The molecular formula is C27H31ClN6O8. The van der Waals surface area contributed by atoms with Gasteiger partial charge >= 0.3 is 18.0 Å². The highest BCUT2D eigenvalue weighted by atomic mass is 35.5. The molecule has 0 unspecified atom stereocenters. The fraction of sp³-hybridized carbons (Fsp3) is 0.296. The lowest BCUT2D eigenvalue weighted by Crippen LogP contribution is -2.74. The predicted octanol–water partition coefficient (Wildman–Crippen LogP) is 0.541. The molecule has 42 heavy (non-hydrogen) atoms. The number of ketones is 1. The summed E-state index contributed by atoms with van der Waals surface area (Å²) in [7, 11) is 2.00. The molecule has 14 nitrogen and oxygen atoms in total. The second-order valence-corrected chi connectivity index (χ2v) is 9.30. The van der Waals surface area contributed by atoms with Gasteiger partial charge in [0.05, 0.1) is 26.7 Å². The number of Topliss-reactive ketones (excluding diaryl/α,β-unsaturated/α-hetero) is 1. The largest absolute Gasteiger partial charge is 0.469 e. The number of hydrogen-bond donors (Lipinski definition) is 4. The van der Waals surface area contributed by atoms with Crippen molar-refractivity contribution in [3.05, 3.63) is 65.7 Å². The minimum Gasteiger partial charge on any atom is -0.469 e. The van der Waals surface area contributed by atoms with Gasteiger partial charge in [0.2, 0.25) is 5.91 Å². The highest BCUT2D eigenvalue weighted by Crippen LogP contribution is 2.38. The summed E-state index contributed by atoms with van der Waals surface area (Å²) >= 11 is 0. The number of methoxy groups -OCH3 is 2. The van der Waals surface area contributed by atoms with Crippen molar-refractivity contribution in [2.24, 2.45) is 11.5 Å². The number of amides is 4. The van der Waals surface area contributed by atoms with E-state index in [1.54, 1.807) is 6.07 Å². The van der Waals surface area contributed by atoms with Gasteiger partial charge in [-0.1, -0.05) is 42.5 Å². The molecule has 3 atom stereocenters. The van der Waals surface area contributed by atoms with Crippen molar-refractivity contribution in [2.75, 3.05) is 19.1 Å².